The van der Waals surface area contributed by atoms with Gasteiger partial charge < -0.3 is 10.1 Å². The molecule has 26 heavy (non-hydrogen) atoms. The zero-order valence-corrected chi connectivity index (χ0v) is 15.4. The van der Waals surface area contributed by atoms with Crippen molar-refractivity contribution in [2.75, 3.05) is 5.32 Å². The van der Waals surface area contributed by atoms with Gasteiger partial charge in [0.15, 0.2) is 6.10 Å². The summed E-state index contributed by atoms with van der Waals surface area (Å²) in [6.07, 6.45) is -1.06. The van der Waals surface area contributed by atoms with Crippen LogP contribution in [0.1, 0.15) is 35.7 Å². The van der Waals surface area contributed by atoms with Crippen molar-refractivity contribution in [1.29, 1.82) is 0 Å². The van der Waals surface area contributed by atoms with Gasteiger partial charge in [0.1, 0.15) is 0 Å². The van der Waals surface area contributed by atoms with E-state index in [1.54, 1.807) is 48.5 Å². The standard InChI is InChI=1S/C20H20ClNO4/c1-13-8-9-16(12-17(13)21)22-18(23)10-11-19(24)26-14(2)20(25)15-6-4-3-5-7-15/h3-9,12,14H,10-11H2,1-2H3,(H,22,23). The van der Waals surface area contributed by atoms with Crippen LogP contribution in [0.2, 0.25) is 5.02 Å². The molecule has 2 aromatic rings. The number of hydrogen-bond acceptors (Lipinski definition) is 4. The highest BCUT2D eigenvalue weighted by atomic mass is 35.5. The van der Waals surface area contributed by atoms with Gasteiger partial charge in [0.2, 0.25) is 11.7 Å². The van der Waals surface area contributed by atoms with Crippen molar-refractivity contribution < 1.29 is 19.1 Å². The van der Waals surface area contributed by atoms with Gasteiger partial charge in [-0.25, -0.2) is 0 Å². The van der Waals surface area contributed by atoms with Crippen LogP contribution in [0, 0.1) is 6.92 Å². The molecule has 2 aromatic carbocycles. The molecule has 2 rings (SSSR count). The fourth-order valence-corrected chi connectivity index (χ4v) is 2.44. The van der Waals surface area contributed by atoms with E-state index in [0.717, 1.165) is 5.56 Å². The van der Waals surface area contributed by atoms with Crippen molar-refractivity contribution >= 4 is 34.9 Å². The molecule has 1 unspecified atom stereocenters. The molecule has 0 heterocycles. The molecule has 0 aliphatic heterocycles. The first-order valence-corrected chi connectivity index (χ1v) is 8.59. The first kappa shape index (κ1) is 19.7. The minimum absolute atomic E-state index is 0.0451. The number of amides is 1. The summed E-state index contributed by atoms with van der Waals surface area (Å²) in [5.41, 5.74) is 1.94. The van der Waals surface area contributed by atoms with Gasteiger partial charge in [-0.2, -0.15) is 0 Å². The molecule has 5 nitrogen and oxygen atoms in total. The van der Waals surface area contributed by atoms with Crippen molar-refractivity contribution in [3.05, 3.63) is 64.7 Å². The molecule has 136 valence electrons. The number of rotatable bonds is 7. The van der Waals surface area contributed by atoms with Crippen LogP contribution >= 0.6 is 11.6 Å². The molecule has 1 amide bonds. The van der Waals surface area contributed by atoms with E-state index in [9.17, 15) is 14.4 Å². The number of benzene rings is 2. The van der Waals surface area contributed by atoms with Gasteiger partial charge in [-0.3, -0.25) is 14.4 Å². The second-order valence-corrected chi connectivity index (χ2v) is 6.28. The van der Waals surface area contributed by atoms with Crippen LogP contribution in [0.3, 0.4) is 0 Å². The maximum atomic E-state index is 12.1. The summed E-state index contributed by atoms with van der Waals surface area (Å²) in [5.74, 6) is -1.21. The highest BCUT2D eigenvalue weighted by molar-refractivity contribution is 6.31. The Morgan fingerprint density at radius 2 is 1.77 bits per heavy atom. The summed E-state index contributed by atoms with van der Waals surface area (Å²) in [5, 5.41) is 3.22. The predicted molar refractivity (Wildman–Crippen MR) is 100 cm³/mol. The molecule has 1 atom stereocenters. The maximum Gasteiger partial charge on any atom is 0.307 e. The largest absolute Gasteiger partial charge is 0.454 e. The fourth-order valence-electron chi connectivity index (χ4n) is 2.26. The number of hydrogen-bond donors (Lipinski definition) is 1. The lowest BCUT2D eigenvalue weighted by atomic mass is 10.1. The topological polar surface area (TPSA) is 72.5 Å². The summed E-state index contributed by atoms with van der Waals surface area (Å²) in [7, 11) is 0. The average Bonchev–Trinajstić information content (AvgIpc) is 2.63. The van der Waals surface area contributed by atoms with E-state index in [4.69, 9.17) is 16.3 Å². The van der Waals surface area contributed by atoms with Gasteiger partial charge in [0, 0.05) is 22.7 Å². The highest BCUT2D eigenvalue weighted by Crippen LogP contribution is 2.20. The molecule has 1 N–H and O–H groups in total. The Kier molecular flexibility index (Phi) is 6.92. The second-order valence-electron chi connectivity index (χ2n) is 5.87. The molecule has 0 aromatic heterocycles. The number of ether oxygens (including phenoxy) is 1. The SMILES string of the molecule is Cc1ccc(NC(=O)CCC(=O)OC(C)C(=O)c2ccccc2)cc1Cl. The lowest BCUT2D eigenvalue weighted by molar-refractivity contribution is -0.147. The Bertz CT molecular complexity index is 805. The second kappa shape index (κ2) is 9.15. The molecule has 6 heteroatoms. The third kappa shape index (κ3) is 5.70. The summed E-state index contributed by atoms with van der Waals surface area (Å²) < 4.78 is 5.11. The number of esters is 1. The molecule has 0 saturated carbocycles. The third-order valence-electron chi connectivity index (χ3n) is 3.75. The smallest absolute Gasteiger partial charge is 0.307 e. The van der Waals surface area contributed by atoms with E-state index < -0.39 is 12.1 Å². The average molecular weight is 374 g/mol. The number of carbonyl (C=O) groups is 3. The zero-order chi connectivity index (χ0) is 19.1. The van der Waals surface area contributed by atoms with Crippen LogP contribution in [0.4, 0.5) is 5.69 Å². The first-order valence-electron chi connectivity index (χ1n) is 8.21. The van der Waals surface area contributed by atoms with E-state index in [-0.39, 0.29) is 24.5 Å². The molecule has 0 fully saturated rings. The third-order valence-corrected chi connectivity index (χ3v) is 4.15. The Labute approximate surface area is 157 Å². The summed E-state index contributed by atoms with van der Waals surface area (Å²) in [4.78, 5) is 35.9. The quantitative estimate of drug-likeness (QED) is 0.583. The van der Waals surface area contributed by atoms with Crippen LogP contribution in [0.25, 0.3) is 0 Å². The van der Waals surface area contributed by atoms with Crippen molar-refractivity contribution in [3.8, 4) is 0 Å². The van der Waals surface area contributed by atoms with Gasteiger partial charge in [-0.05, 0) is 31.5 Å². The first-order chi connectivity index (χ1) is 12.4. The minimum Gasteiger partial charge on any atom is -0.454 e. The number of carbonyl (C=O) groups excluding carboxylic acids is 3. The van der Waals surface area contributed by atoms with Gasteiger partial charge in [-0.1, -0.05) is 48.0 Å². The van der Waals surface area contributed by atoms with Crippen LogP contribution in [0.5, 0.6) is 0 Å². The summed E-state index contributed by atoms with van der Waals surface area (Å²) in [6.45, 7) is 3.38. The summed E-state index contributed by atoms with van der Waals surface area (Å²) >= 11 is 6.00. The predicted octanol–water partition coefficient (Wildman–Crippen LogP) is 4.18. The number of nitrogens with one attached hydrogen (secondary N) is 1. The molecule has 0 aliphatic rings. The van der Waals surface area contributed by atoms with Crippen LogP contribution in [0.15, 0.2) is 48.5 Å². The molecule has 0 bridgehead atoms. The molecule has 0 saturated heterocycles. The number of anilines is 1. The fraction of sp³-hybridized carbons (Fsp3) is 0.250. The van der Waals surface area contributed by atoms with Crippen molar-refractivity contribution in [2.45, 2.75) is 32.8 Å². The maximum absolute atomic E-state index is 12.1. The molecular weight excluding hydrogens is 354 g/mol. The number of halogens is 1. The Morgan fingerprint density at radius 1 is 1.08 bits per heavy atom. The minimum atomic E-state index is -0.899. The molecule has 0 radical (unpaired) electrons. The molecule has 0 spiro atoms. The number of ketones is 1. The Hall–Kier alpha value is -2.66. The van der Waals surface area contributed by atoms with Crippen molar-refractivity contribution in [1.82, 2.24) is 0 Å². The van der Waals surface area contributed by atoms with Crippen LogP contribution in [-0.2, 0) is 14.3 Å². The zero-order valence-electron chi connectivity index (χ0n) is 14.6. The van der Waals surface area contributed by atoms with Gasteiger partial charge >= 0.3 is 5.97 Å². The normalized spacial score (nSPS) is 11.5. The van der Waals surface area contributed by atoms with Crippen molar-refractivity contribution in [3.63, 3.8) is 0 Å². The lowest BCUT2D eigenvalue weighted by Gasteiger charge is -2.12. The highest BCUT2D eigenvalue weighted by Gasteiger charge is 2.19. The van der Waals surface area contributed by atoms with Gasteiger partial charge in [0.05, 0.1) is 6.42 Å². The molecule has 0 aliphatic carbocycles. The molecular formula is C20H20ClNO4. The summed E-state index contributed by atoms with van der Waals surface area (Å²) in [6, 6.07) is 13.8. The van der Waals surface area contributed by atoms with Crippen LogP contribution < -0.4 is 5.32 Å². The van der Waals surface area contributed by atoms with E-state index >= 15 is 0 Å². The van der Waals surface area contributed by atoms with E-state index in [1.165, 1.54) is 6.92 Å². The van der Waals surface area contributed by atoms with Crippen LogP contribution in [-0.4, -0.2) is 23.8 Å². The van der Waals surface area contributed by atoms with Gasteiger partial charge in [-0.15, -0.1) is 0 Å². The van der Waals surface area contributed by atoms with E-state index in [0.29, 0.717) is 16.3 Å². The Morgan fingerprint density at radius 3 is 2.42 bits per heavy atom. The monoisotopic (exact) mass is 373 g/mol. The number of Topliss-reactive ketones (excluding diaryl/α,β-unsaturated/α-hetero) is 1. The van der Waals surface area contributed by atoms with Crippen molar-refractivity contribution in [2.24, 2.45) is 0 Å². The number of aryl methyl sites for hydroxylation is 1. The lowest BCUT2D eigenvalue weighted by Crippen LogP contribution is -2.25. The van der Waals surface area contributed by atoms with E-state index in [2.05, 4.69) is 5.32 Å². The Balaban J connectivity index is 1.79. The van der Waals surface area contributed by atoms with E-state index in [1.807, 2.05) is 6.92 Å². The van der Waals surface area contributed by atoms with Gasteiger partial charge in [0.25, 0.3) is 0 Å².